The van der Waals surface area contributed by atoms with Gasteiger partial charge in [0.2, 0.25) is 5.91 Å². The summed E-state index contributed by atoms with van der Waals surface area (Å²) in [6, 6.07) is -0.539. The van der Waals surface area contributed by atoms with Gasteiger partial charge in [-0.15, -0.1) is 0 Å². The lowest BCUT2D eigenvalue weighted by Crippen LogP contribution is -2.45. The Morgan fingerprint density at radius 2 is 0.560 bits per heavy atom. The summed E-state index contributed by atoms with van der Waals surface area (Å²) in [4.78, 5) is 24.6. The zero-order chi connectivity index (χ0) is 60.6. The number of carbonyl (C=O) groups is 2. The molecule has 0 heterocycles. The van der Waals surface area contributed by atoms with Crippen LogP contribution in [0.15, 0.2) is 12.2 Å². The molecule has 500 valence electrons. The third-order valence-electron chi connectivity index (χ3n) is 18.6. The number of ether oxygens (including phenoxy) is 1. The van der Waals surface area contributed by atoms with Crippen molar-refractivity contribution >= 4 is 11.9 Å². The molecular weight excluding hydrogens is 1030 g/mol. The van der Waals surface area contributed by atoms with E-state index in [1.807, 2.05) is 0 Å². The molecule has 0 saturated carbocycles. The Morgan fingerprint density at radius 1 is 0.321 bits per heavy atom. The number of nitrogens with one attached hydrogen (secondary N) is 1. The van der Waals surface area contributed by atoms with Crippen molar-refractivity contribution in [2.45, 2.75) is 463 Å². The van der Waals surface area contributed by atoms with Crippen LogP contribution in [0.25, 0.3) is 0 Å². The van der Waals surface area contributed by atoms with Crippen LogP contribution in [0.1, 0.15) is 450 Å². The second-order valence-corrected chi connectivity index (χ2v) is 27.0. The topological polar surface area (TPSA) is 95.9 Å². The van der Waals surface area contributed by atoms with Crippen LogP contribution in [-0.2, 0) is 14.3 Å². The summed E-state index contributed by atoms with van der Waals surface area (Å²) < 4.78 is 5.49. The number of esters is 1. The number of amides is 1. The first kappa shape index (κ1) is 82.6. The molecule has 3 N–H and O–H groups in total. The molecule has 0 rings (SSSR count). The van der Waals surface area contributed by atoms with E-state index in [1.54, 1.807) is 0 Å². The summed E-state index contributed by atoms with van der Waals surface area (Å²) >= 11 is 0. The zero-order valence-corrected chi connectivity index (χ0v) is 57.4. The molecule has 0 aliphatic heterocycles. The Balaban J connectivity index is 3.33. The smallest absolute Gasteiger partial charge is 0.305 e. The van der Waals surface area contributed by atoms with Crippen molar-refractivity contribution < 1.29 is 24.5 Å². The molecule has 1 amide bonds. The predicted molar refractivity (Wildman–Crippen MR) is 370 cm³/mol. The minimum absolute atomic E-state index is 0.0128. The van der Waals surface area contributed by atoms with Crippen LogP contribution < -0.4 is 5.32 Å². The van der Waals surface area contributed by atoms with Crippen molar-refractivity contribution in [3.63, 3.8) is 0 Å². The van der Waals surface area contributed by atoms with Gasteiger partial charge in [0, 0.05) is 12.8 Å². The van der Waals surface area contributed by atoms with Crippen LogP contribution in [0.4, 0.5) is 0 Å². The molecule has 0 saturated heterocycles. The second kappa shape index (κ2) is 74.1. The number of rotatable bonds is 74. The molecule has 6 heteroatoms. The van der Waals surface area contributed by atoms with Gasteiger partial charge in [-0.3, -0.25) is 9.59 Å². The number of aliphatic hydroxyl groups excluding tert-OH is 2. The van der Waals surface area contributed by atoms with Gasteiger partial charge in [-0.1, -0.05) is 398 Å². The maximum Gasteiger partial charge on any atom is 0.305 e. The Kier molecular flexibility index (Phi) is 72.8. The third-order valence-corrected chi connectivity index (χ3v) is 18.6. The Labute approximate surface area is 527 Å². The summed E-state index contributed by atoms with van der Waals surface area (Å²) in [6.07, 6.45) is 93.0. The van der Waals surface area contributed by atoms with Crippen LogP contribution in [-0.4, -0.2) is 47.4 Å². The predicted octanol–water partition coefficient (Wildman–Crippen LogP) is 25.5. The van der Waals surface area contributed by atoms with E-state index < -0.39 is 12.1 Å². The van der Waals surface area contributed by atoms with Gasteiger partial charge in [0.1, 0.15) is 0 Å². The first-order chi connectivity index (χ1) is 41.5. The van der Waals surface area contributed by atoms with Crippen LogP contribution in [0, 0.1) is 0 Å². The van der Waals surface area contributed by atoms with E-state index in [9.17, 15) is 19.8 Å². The van der Waals surface area contributed by atoms with Crippen molar-refractivity contribution in [3.8, 4) is 0 Å². The maximum absolute atomic E-state index is 12.6. The summed E-state index contributed by atoms with van der Waals surface area (Å²) in [5.41, 5.74) is 0. The third kappa shape index (κ3) is 69.7. The molecule has 0 aromatic carbocycles. The van der Waals surface area contributed by atoms with Crippen molar-refractivity contribution in [3.05, 3.63) is 12.2 Å². The molecule has 0 radical (unpaired) electrons. The van der Waals surface area contributed by atoms with Crippen molar-refractivity contribution in [2.75, 3.05) is 13.2 Å². The molecule has 6 nitrogen and oxygen atoms in total. The fraction of sp³-hybridized carbons (Fsp3) is 0.949. The number of hydrogen-bond acceptors (Lipinski definition) is 5. The molecule has 0 aromatic heterocycles. The lowest BCUT2D eigenvalue weighted by Gasteiger charge is -2.22. The van der Waals surface area contributed by atoms with Gasteiger partial charge in [-0.2, -0.15) is 0 Å². The second-order valence-electron chi connectivity index (χ2n) is 27.0. The van der Waals surface area contributed by atoms with Gasteiger partial charge in [-0.05, 0) is 51.4 Å². The average Bonchev–Trinajstić information content (AvgIpc) is 3.51. The fourth-order valence-electron chi connectivity index (χ4n) is 12.6. The van der Waals surface area contributed by atoms with Crippen LogP contribution >= 0.6 is 0 Å². The normalized spacial score (nSPS) is 12.5. The van der Waals surface area contributed by atoms with Gasteiger partial charge >= 0.3 is 5.97 Å². The Bertz CT molecular complexity index is 1270. The van der Waals surface area contributed by atoms with E-state index in [-0.39, 0.29) is 18.5 Å². The van der Waals surface area contributed by atoms with Crippen molar-refractivity contribution in [1.82, 2.24) is 5.32 Å². The van der Waals surface area contributed by atoms with Gasteiger partial charge in [0.15, 0.2) is 0 Å². The SMILES string of the molecule is CCCCCCC/C=C\CCCCCCCC(=O)OCCCCCCCCCCCCCCCCCCCCCCCCCCCCCCCCC(=O)NC(CO)C(O)CCCCCCCCCCCCCCCCCCCCCCCCC. The van der Waals surface area contributed by atoms with E-state index in [0.717, 1.165) is 44.9 Å². The van der Waals surface area contributed by atoms with Crippen molar-refractivity contribution in [2.24, 2.45) is 0 Å². The van der Waals surface area contributed by atoms with Gasteiger partial charge in [0.05, 0.1) is 25.4 Å². The zero-order valence-electron chi connectivity index (χ0n) is 57.4. The lowest BCUT2D eigenvalue weighted by molar-refractivity contribution is -0.143. The van der Waals surface area contributed by atoms with Gasteiger partial charge in [0.25, 0.3) is 0 Å². The van der Waals surface area contributed by atoms with E-state index in [1.165, 1.54) is 372 Å². The summed E-state index contributed by atoms with van der Waals surface area (Å²) in [5.74, 6) is -0.0124. The standard InChI is InChI=1S/C78H153NO5/c1-3-5-7-9-11-13-15-17-19-20-21-22-31-34-37-40-43-46-50-54-58-62-66-70-76(81)75(74-80)79-77(82)71-67-63-59-55-51-47-44-41-38-35-32-29-27-25-23-24-26-28-30-33-36-39-42-45-49-53-57-61-65-69-73-84-78(83)72-68-64-60-56-52-48-18-16-14-12-10-8-6-4-2/h16,18,75-76,80-81H,3-15,17,19-74H2,1-2H3,(H,79,82)/b18-16-. The highest BCUT2D eigenvalue weighted by Gasteiger charge is 2.20. The van der Waals surface area contributed by atoms with Crippen molar-refractivity contribution in [1.29, 1.82) is 0 Å². The number of allylic oxidation sites excluding steroid dienone is 2. The van der Waals surface area contributed by atoms with Crippen LogP contribution in [0.5, 0.6) is 0 Å². The minimum Gasteiger partial charge on any atom is -0.466 e. The molecule has 2 unspecified atom stereocenters. The first-order valence-electron chi connectivity index (χ1n) is 38.9. The molecule has 0 aliphatic carbocycles. The Hall–Kier alpha value is -1.40. The fourth-order valence-corrected chi connectivity index (χ4v) is 12.6. The minimum atomic E-state index is -0.662. The highest BCUT2D eigenvalue weighted by atomic mass is 16.5. The number of unbranched alkanes of at least 4 members (excludes halogenated alkanes) is 61. The molecule has 2 atom stereocenters. The van der Waals surface area contributed by atoms with Crippen LogP contribution in [0.2, 0.25) is 0 Å². The molecule has 0 aliphatic rings. The number of hydrogen-bond donors (Lipinski definition) is 3. The van der Waals surface area contributed by atoms with Gasteiger partial charge < -0.3 is 20.3 Å². The molecular formula is C78H153NO5. The van der Waals surface area contributed by atoms with E-state index >= 15 is 0 Å². The monoisotopic (exact) mass is 1180 g/mol. The molecule has 84 heavy (non-hydrogen) atoms. The van der Waals surface area contributed by atoms with E-state index in [0.29, 0.717) is 25.9 Å². The molecule has 0 bridgehead atoms. The number of aliphatic hydroxyl groups is 2. The highest BCUT2D eigenvalue weighted by Crippen LogP contribution is 2.20. The highest BCUT2D eigenvalue weighted by molar-refractivity contribution is 5.76. The summed E-state index contributed by atoms with van der Waals surface area (Å²) in [7, 11) is 0. The summed E-state index contributed by atoms with van der Waals surface area (Å²) in [5, 5.41) is 23.5. The lowest BCUT2D eigenvalue weighted by atomic mass is 10.0. The number of carbonyl (C=O) groups excluding carboxylic acids is 2. The van der Waals surface area contributed by atoms with E-state index in [2.05, 4.69) is 31.3 Å². The molecule has 0 spiro atoms. The Morgan fingerprint density at radius 3 is 0.845 bits per heavy atom. The molecule has 0 fully saturated rings. The summed E-state index contributed by atoms with van der Waals surface area (Å²) in [6.45, 7) is 5.00. The average molecular weight is 1190 g/mol. The molecule has 0 aromatic rings. The maximum atomic E-state index is 12.6. The first-order valence-corrected chi connectivity index (χ1v) is 38.9. The van der Waals surface area contributed by atoms with Gasteiger partial charge in [-0.25, -0.2) is 0 Å². The van der Waals surface area contributed by atoms with Crippen LogP contribution in [0.3, 0.4) is 0 Å². The van der Waals surface area contributed by atoms with E-state index in [4.69, 9.17) is 4.74 Å². The quantitative estimate of drug-likeness (QED) is 0.0320. The largest absolute Gasteiger partial charge is 0.466 e.